The van der Waals surface area contributed by atoms with Crippen LogP contribution in [0.15, 0.2) is 58.2 Å². The largest absolute Gasteiger partial charge is 0.494 e. The summed E-state index contributed by atoms with van der Waals surface area (Å²) in [6.45, 7) is 2.12. The second kappa shape index (κ2) is 8.22. The number of para-hydroxylation sites is 2. The molecule has 2 aromatic heterocycles. The summed E-state index contributed by atoms with van der Waals surface area (Å²) in [5, 5.41) is 16.6. The molecule has 0 N–H and O–H groups in total. The lowest BCUT2D eigenvalue weighted by Crippen LogP contribution is -2.01. The fraction of sp³-hybridized carbons (Fsp3) is 0.211. The molecule has 142 valence electrons. The second-order valence-electron chi connectivity index (χ2n) is 5.90. The Labute approximate surface area is 165 Å². The van der Waals surface area contributed by atoms with Crippen molar-refractivity contribution in [2.24, 2.45) is 0 Å². The van der Waals surface area contributed by atoms with Gasteiger partial charge in [0.25, 0.3) is 0 Å². The van der Waals surface area contributed by atoms with E-state index in [0.29, 0.717) is 28.4 Å². The Kier molecular flexibility index (Phi) is 5.34. The lowest BCUT2D eigenvalue weighted by Gasteiger charge is -2.08. The number of nitrogens with zero attached hydrogens (tertiary/aromatic N) is 6. The highest BCUT2D eigenvalue weighted by atomic mass is 32.2. The zero-order valence-electron chi connectivity index (χ0n) is 15.4. The molecule has 0 aliphatic rings. The molecule has 0 saturated carbocycles. The van der Waals surface area contributed by atoms with Crippen LogP contribution in [0.3, 0.4) is 0 Å². The summed E-state index contributed by atoms with van der Waals surface area (Å²) >= 11 is 1.41. The number of hydrogen-bond donors (Lipinski definition) is 0. The molecule has 0 spiro atoms. The van der Waals surface area contributed by atoms with Gasteiger partial charge in [-0.2, -0.15) is 9.67 Å². The molecule has 28 heavy (non-hydrogen) atoms. The van der Waals surface area contributed by atoms with Crippen molar-refractivity contribution in [2.45, 2.75) is 24.3 Å². The van der Waals surface area contributed by atoms with Crippen molar-refractivity contribution in [3.63, 3.8) is 0 Å². The van der Waals surface area contributed by atoms with E-state index in [1.807, 2.05) is 36.4 Å². The standard InChI is InChI=1S/C19H18N6O2S/c1-3-13-8-10-14(11-9-13)18-20-17(27-22-18)12-28-19-21-23-24-25(19)15-6-4-5-7-16(15)26-2/h4-11H,3,12H2,1-2H3. The van der Waals surface area contributed by atoms with Crippen molar-refractivity contribution in [3.05, 3.63) is 60.0 Å². The van der Waals surface area contributed by atoms with Crippen molar-refractivity contribution in [1.82, 2.24) is 30.3 Å². The van der Waals surface area contributed by atoms with E-state index in [2.05, 4.69) is 44.7 Å². The van der Waals surface area contributed by atoms with Crippen LogP contribution in [0.1, 0.15) is 18.4 Å². The predicted molar refractivity (Wildman–Crippen MR) is 104 cm³/mol. The second-order valence-corrected chi connectivity index (χ2v) is 6.84. The van der Waals surface area contributed by atoms with Crippen LogP contribution in [0, 0.1) is 0 Å². The molecule has 0 radical (unpaired) electrons. The summed E-state index contributed by atoms with van der Waals surface area (Å²) < 4.78 is 12.4. The summed E-state index contributed by atoms with van der Waals surface area (Å²) in [4.78, 5) is 4.47. The Bertz CT molecular complexity index is 1060. The minimum Gasteiger partial charge on any atom is -0.494 e. The Balaban J connectivity index is 1.49. The first-order valence-electron chi connectivity index (χ1n) is 8.75. The van der Waals surface area contributed by atoms with E-state index >= 15 is 0 Å². The van der Waals surface area contributed by atoms with Gasteiger partial charge in [0.05, 0.1) is 12.9 Å². The highest BCUT2D eigenvalue weighted by molar-refractivity contribution is 7.98. The monoisotopic (exact) mass is 394 g/mol. The lowest BCUT2D eigenvalue weighted by atomic mass is 10.1. The molecule has 0 amide bonds. The minimum absolute atomic E-state index is 0.454. The van der Waals surface area contributed by atoms with Crippen LogP contribution in [0.4, 0.5) is 0 Å². The SMILES string of the molecule is CCc1ccc(-c2noc(CSc3nnnn3-c3ccccc3OC)n2)cc1. The molecule has 0 bridgehead atoms. The van der Waals surface area contributed by atoms with E-state index in [-0.39, 0.29) is 0 Å². The van der Waals surface area contributed by atoms with Crippen molar-refractivity contribution < 1.29 is 9.26 Å². The van der Waals surface area contributed by atoms with Gasteiger partial charge >= 0.3 is 0 Å². The number of tetrazole rings is 1. The smallest absolute Gasteiger partial charge is 0.237 e. The number of rotatable bonds is 7. The number of ether oxygens (including phenoxy) is 1. The highest BCUT2D eigenvalue weighted by Gasteiger charge is 2.15. The lowest BCUT2D eigenvalue weighted by molar-refractivity contribution is 0.391. The summed E-state index contributed by atoms with van der Waals surface area (Å²) in [5.74, 6) is 2.22. The fourth-order valence-corrected chi connectivity index (χ4v) is 3.39. The summed E-state index contributed by atoms with van der Waals surface area (Å²) in [6.07, 6.45) is 0.995. The average molecular weight is 394 g/mol. The van der Waals surface area contributed by atoms with Gasteiger partial charge in [-0.25, -0.2) is 0 Å². The topological polar surface area (TPSA) is 91.8 Å². The van der Waals surface area contributed by atoms with Gasteiger partial charge in [0.2, 0.25) is 16.9 Å². The quantitative estimate of drug-likeness (QED) is 0.439. The molecule has 9 heteroatoms. The Morgan fingerprint density at radius 2 is 1.93 bits per heavy atom. The maximum atomic E-state index is 5.39. The van der Waals surface area contributed by atoms with Gasteiger partial charge < -0.3 is 9.26 Å². The molecule has 0 unspecified atom stereocenters. The number of benzene rings is 2. The van der Waals surface area contributed by atoms with Gasteiger partial charge in [0.1, 0.15) is 11.4 Å². The predicted octanol–water partition coefficient (Wildman–Crippen LogP) is 3.58. The molecule has 0 fully saturated rings. The van der Waals surface area contributed by atoms with Gasteiger partial charge in [-0.1, -0.05) is 60.2 Å². The van der Waals surface area contributed by atoms with Crippen LogP contribution >= 0.6 is 11.8 Å². The van der Waals surface area contributed by atoms with Gasteiger partial charge in [-0.3, -0.25) is 0 Å². The first-order chi connectivity index (χ1) is 13.8. The molecule has 4 rings (SSSR count). The van der Waals surface area contributed by atoms with Crippen LogP contribution in [0.2, 0.25) is 0 Å². The van der Waals surface area contributed by atoms with Gasteiger partial charge in [0, 0.05) is 5.56 Å². The van der Waals surface area contributed by atoms with Crippen LogP contribution < -0.4 is 4.74 Å². The molecule has 4 aromatic rings. The van der Waals surface area contributed by atoms with Crippen LogP contribution in [0.25, 0.3) is 17.1 Å². The van der Waals surface area contributed by atoms with Crippen LogP contribution in [-0.4, -0.2) is 37.5 Å². The van der Waals surface area contributed by atoms with E-state index < -0.39 is 0 Å². The van der Waals surface area contributed by atoms with E-state index in [0.717, 1.165) is 17.7 Å². The average Bonchev–Trinajstić information content (AvgIpc) is 3.41. The molecule has 0 aliphatic carbocycles. The van der Waals surface area contributed by atoms with E-state index in [1.54, 1.807) is 11.8 Å². The number of thioether (sulfide) groups is 1. The molecule has 8 nitrogen and oxygen atoms in total. The fourth-order valence-electron chi connectivity index (χ4n) is 2.67. The number of aryl methyl sites for hydroxylation is 1. The first kappa shape index (κ1) is 18.2. The van der Waals surface area contributed by atoms with Crippen LogP contribution in [0.5, 0.6) is 5.75 Å². The van der Waals surface area contributed by atoms with E-state index in [4.69, 9.17) is 9.26 Å². The first-order valence-corrected chi connectivity index (χ1v) is 9.73. The van der Waals surface area contributed by atoms with Gasteiger partial charge in [-0.15, -0.1) is 5.10 Å². The highest BCUT2D eigenvalue weighted by Crippen LogP contribution is 2.27. The van der Waals surface area contributed by atoms with Gasteiger partial charge in [-0.05, 0) is 34.5 Å². The molecule has 2 aromatic carbocycles. The number of aromatic nitrogens is 6. The van der Waals surface area contributed by atoms with Crippen molar-refractivity contribution in [3.8, 4) is 22.8 Å². The molecule has 0 atom stereocenters. The van der Waals surface area contributed by atoms with Crippen molar-refractivity contribution in [1.29, 1.82) is 0 Å². The summed E-state index contributed by atoms with van der Waals surface area (Å²) in [6, 6.07) is 15.7. The Hall–Kier alpha value is -3.20. The number of hydrogen-bond acceptors (Lipinski definition) is 8. The molecular formula is C19H18N6O2S. The van der Waals surface area contributed by atoms with Crippen molar-refractivity contribution >= 4 is 11.8 Å². The third-order valence-electron chi connectivity index (χ3n) is 4.17. The minimum atomic E-state index is 0.454. The van der Waals surface area contributed by atoms with Crippen LogP contribution in [-0.2, 0) is 12.2 Å². The third kappa shape index (κ3) is 3.74. The van der Waals surface area contributed by atoms with Gasteiger partial charge in [0.15, 0.2) is 0 Å². The summed E-state index contributed by atoms with van der Waals surface area (Å²) in [5.41, 5.74) is 2.96. The molecular weight excluding hydrogens is 376 g/mol. The normalized spacial score (nSPS) is 10.9. The molecule has 0 saturated heterocycles. The third-order valence-corrected chi connectivity index (χ3v) is 5.07. The zero-order chi connectivity index (χ0) is 19.3. The molecule has 2 heterocycles. The Morgan fingerprint density at radius 1 is 1.11 bits per heavy atom. The zero-order valence-corrected chi connectivity index (χ0v) is 16.3. The Morgan fingerprint density at radius 3 is 2.71 bits per heavy atom. The number of methoxy groups -OCH3 is 1. The molecule has 0 aliphatic heterocycles. The van der Waals surface area contributed by atoms with E-state index in [9.17, 15) is 0 Å². The van der Waals surface area contributed by atoms with E-state index in [1.165, 1.54) is 17.3 Å². The maximum Gasteiger partial charge on any atom is 0.237 e. The van der Waals surface area contributed by atoms with Crippen molar-refractivity contribution in [2.75, 3.05) is 7.11 Å². The maximum absolute atomic E-state index is 5.39. The summed E-state index contributed by atoms with van der Waals surface area (Å²) in [7, 11) is 1.61.